The largest absolute Gasteiger partial charge is 0.493 e. The van der Waals surface area contributed by atoms with Crippen LogP contribution in [0, 0.1) is 12.7 Å². The first-order chi connectivity index (χ1) is 23.2. The standard InChI is InChI=1S/C34H40ClFN4O8S/c1-6-47-28-14-22(26(36)13-23(28)31(41)37-49(44,45)34(3)8-9-34)32(42)40-10-7-21-24(17-40)33(43)48-30-19(2)27(15-25(35)29(21)30)39-12-11-38(4)20(16-39)18-46-5/h13-15,20H,6-12,16-18H2,1-5H3,(H,37,41)/t20-/m1/s1. The summed E-state index contributed by atoms with van der Waals surface area (Å²) in [7, 11) is -0.263. The minimum absolute atomic E-state index is 0.0691. The summed E-state index contributed by atoms with van der Waals surface area (Å²) in [5.41, 5.74) is 1.64. The van der Waals surface area contributed by atoms with Crippen molar-refractivity contribution in [3.8, 4) is 5.75 Å². The van der Waals surface area contributed by atoms with Crippen LogP contribution in [0.5, 0.6) is 5.75 Å². The maximum Gasteiger partial charge on any atom is 0.341 e. The molecule has 1 aliphatic carbocycles. The highest BCUT2D eigenvalue weighted by Gasteiger charge is 2.51. The molecule has 1 N–H and O–H groups in total. The van der Waals surface area contributed by atoms with Crippen LogP contribution in [0.1, 0.15) is 64.1 Å². The average Bonchev–Trinajstić information content (AvgIpc) is 3.83. The molecule has 1 atom stereocenters. The number of methoxy groups -OCH3 is 1. The zero-order valence-corrected chi connectivity index (χ0v) is 29.7. The van der Waals surface area contributed by atoms with Gasteiger partial charge < -0.3 is 23.7 Å². The minimum atomic E-state index is -4.00. The zero-order valence-electron chi connectivity index (χ0n) is 28.2. The molecule has 2 aromatic carbocycles. The number of nitrogens with one attached hydrogen (secondary N) is 1. The number of hydrogen-bond donors (Lipinski definition) is 1. The van der Waals surface area contributed by atoms with E-state index in [0.717, 1.165) is 36.5 Å². The second-order valence-corrected chi connectivity index (χ2v) is 15.8. The molecule has 0 unspecified atom stereocenters. The first-order valence-corrected chi connectivity index (χ1v) is 18.1. The molecule has 1 saturated heterocycles. The first-order valence-electron chi connectivity index (χ1n) is 16.2. The van der Waals surface area contributed by atoms with E-state index >= 15 is 4.39 Å². The SMILES string of the molecule is CCOc1cc(C(=O)N2CCc3c(c(=O)oc4c(C)c(N5CCN(C)[C@@H](COC)C5)cc(Cl)c34)C2)c(F)cc1C(=O)NS(=O)(=O)C1(C)CC1. The van der Waals surface area contributed by atoms with Crippen LogP contribution < -0.4 is 20.0 Å². The van der Waals surface area contributed by atoms with Gasteiger partial charge in [-0.1, -0.05) is 11.6 Å². The third-order valence-corrected chi connectivity index (χ3v) is 12.4. The monoisotopic (exact) mass is 718 g/mol. The van der Waals surface area contributed by atoms with Crippen LogP contribution in [0.4, 0.5) is 10.1 Å². The number of carbonyl (C=O) groups excluding carboxylic acids is 2. The Morgan fingerprint density at radius 1 is 1.14 bits per heavy atom. The third-order valence-electron chi connectivity index (χ3n) is 9.98. The van der Waals surface area contributed by atoms with Crippen molar-refractivity contribution in [2.45, 2.75) is 57.4 Å². The van der Waals surface area contributed by atoms with Gasteiger partial charge in [-0.3, -0.25) is 14.5 Å². The lowest BCUT2D eigenvalue weighted by molar-refractivity contribution is 0.0727. The van der Waals surface area contributed by atoms with E-state index in [4.69, 9.17) is 25.5 Å². The molecule has 3 heterocycles. The number of anilines is 1. The predicted octanol–water partition coefficient (Wildman–Crippen LogP) is 3.87. The van der Waals surface area contributed by atoms with Crippen molar-refractivity contribution in [1.82, 2.24) is 14.5 Å². The highest BCUT2D eigenvalue weighted by Crippen LogP contribution is 2.42. The number of aryl methyl sites for hydroxylation is 1. The van der Waals surface area contributed by atoms with Gasteiger partial charge in [0, 0.05) is 49.9 Å². The summed E-state index contributed by atoms with van der Waals surface area (Å²) >= 11 is 6.90. The third kappa shape index (κ3) is 6.39. The van der Waals surface area contributed by atoms with Crippen LogP contribution in [-0.4, -0.2) is 94.4 Å². The Morgan fingerprint density at radius 3 is 2.55 bits per heavy atom. The fourth-order valence-electron chi connectivity index (χ4n) is 6.63. The topological polar surface area (TPSA) is 139 Å². The molecule has 1 aromatic heterocycles. The molecule has 6 rings (SSSR count). The minimum Gasteiger partial charge on any atom is -0.493 e. The Kier molecular flexibility index (Phi) is 9.46. The fourth-order valence-corrected chi connectivity index (χ4v) is 8.17. The van der Waals surface area contributed by atoms with Gasteiger partial charge in [0.2, 0.25) is 10.0 Å². The van der Waals surface area contributed by atoms with Crippen molar-refractivity contribution in [1.29, 1.82) is 0 Å². The molecule has 0 spiro atoms. The Morgan fingerprint density at radius 2 is 1.88 bits per heavy atom. The van der Waals surface area contributed by atoms with Crippen molar-refractivity contribution in [2.24, 2.45) is 0 Å². The maximum atomic E-state index is 15.5. The van der Waals surface area contributed by atoms with Gasteiger partial charge in [-0.15, -0.1) is 0 Å². The van der Waals surface area contributed by atoms with E-state index < -0.39 is 38.0 Å². The summed E-state index contributed by atoms with van der Waals surface area (Å²) in [4.78, 5) is 45.9. The summed E-state index contributed by atoms with van der Waals surface area (Å²) in [5.74, 6) is -2.96. The van der Waals surface area contributed by atoms with E-state index in [2.05, 4.69) is 16.8 Å². The van der Waals surface area contributed by atoms with Crippen LogP contribution in [0.2, 0.25) is 5.02 Å². The molecule has 3 aromatic rings. The van der Waals surface area contributed by atoms with E-state index in [1.165, 1.54) is 11.8 Å². The van der Waals surface area contributed by atoms with E-state index in [9.17, 15) is 22.8 Å². The van der Waals surface area contributed by atoms with E-state index in [0.29, 0.717) is 47.5 Å². The molecule has 2 fully saturated rings. The predicted molar refractivity (Wildman–Crippen MR) is 183 cm³/mol. The van der Waals surface area contributed by atoms with Crippen LogP contribution in [0.15, 0.2) is 27.4 Å². The molecule has 15 heteroatoms. The lowest BCUT2D eigenvalue weighted by Crippen LogP contribution is -2.53. The number of hydrogen-bond acceptors (Lipinski definition) is 10. The van der Waals surface area contributed by atoms with Gasteiger partial charge in [-0.25, -0.2) is 22.3 Å². The number of sulfonamides is 1. The number of halogens is 2. The Hall–Kier alpha value is -3.72. The molecule has 12 nitrogen and oxygen atoms in total. The summed E-state index contributed by atoms with van der Waals surface area (Å²) in [6, 6.07) is 3.97. The number of fused-ring (bicyclic) bond motifs is 3. The number of nitrogens with zero attached hydrogens (tertiary/aromatic N) is 3. The summed E-state index contributed by atoms with van der Waals surface area (Å²) in [6.07, 6.45) is 1.08. The van der Waals surface area contributed by atoms with Crippen LogP contribution >= 0.6 is 11.6 Å². The number of piperazine rings is 1. The van der Waals surface area contributed by atoms with Gasteiger partial charge in [-0.2, -0.15) is 0 Å². The Bertz CT molecular complexity index is 2020. The number of ether oxygens (including phenoxy) is 2. The molecular weight excluding hydrogens is 679 g/mol. The van der Waals surface area contributed by atoms with Crippen LogP contribution in [0.25, 0.3) is 11.0 Å². The van der Waals surface area contributed by atoms with Gasteiger partial charge in [-0.05, 0) is 70.8 Å². The highest BCUT2D eigenvalue weighted by atomic mass is 35.5. The summed E-state index contributed by atoms with van der Waals surface area (Å²) < 4.78 is 58.6. The Balaban J connectivity index is 1.28. The molecular formula is C34H40ClFN4O8S. The number of benzene rings is 2. The van der Waals surface area contributed by atoms with Crippen molar-refractivity contribution in [3.05, 3.63) is 67.3 Å². The smallest absolute Gasteiger partial charge is 0.341 e. The number of likely N-dealkylation sites (N-methyl/N-ethyl adjacent to an activating group) is 1. The molecule has 0 bridgehead atoms. The zero-order chi connectivity index (χ0) is 35.4. The van der Waals surface area contributed by atoms with Crippen molar-refractivity contribution in [3.63, 3.8) is 0 Å². The molecule has 264 valence electrons. The maximum absolute atomic E-state index is 15.5. The molecule has 2 amide bonds. The average molecular weight is 719 g/mol. The van der Waals surface area contributed by atoms with E-state index in [1.807, 2.05) is 17.7 Å². The second-order valence-electron chi connectivity index (χ2n) is 13.2. The highest BCUT2D eigenvalue weighted by molar-refractivity contribution is 7.91. The number of carbonyl (C=O) groups is 2. The summed E-state index contributed by atoms with van der Waals surface area (Å²) in [6.45, 7) is 8.01. The Labute approximate surface area is 289 Å². The molecule has 0 radical (unpaired) electrons. The lowest BCUT2D eigenvalue weighted by atomic mass is 9.94. The van der Waals surface area contributed by atoms with Gasteiger partial charge >= 0.3 is 5.63 Å². The number of rotatable bonds is 9. The second kappa shape index (κ2) is 13.2. The van der Waals surface area contributed by atoms with Crippen LogP contribution in [0.3, 0.4) is 0 Å². The first kappa shape index (κ1) is 35.1. The van der Waals surface area contributed by atoms with Crippen molar-refractivity contribution in [2.75, 3.05) is 58.5 Å². The van der Waals surface area contributed by atoms with Crippen molar-refractivity contribution >= 4 is 50.1 Å². The van der Waals surface area contributed by atoms with Gasteiger partial charge in [0.1, 0.15) is 17.1 Å². The van der Waals surface area contributed by atoms with E-state index in [1.54, 1.807) is 14.0 Å². The molecule has 2 aliphatic heterocycles. The van der Waals surface area contributed by atoms with Gasteiger partial charge in [0.25, 0.3) is 11.8 Å². The molecule has 1 saturated carbocycles. The van der Waals surface area contributed by atoms with Crippen LogP contribution in [-0.2, 0) is 27.7 Å². The van der Waals surface area contributed by atoms with Gasteiger partial charge in [0.05, 0.1) is 52.3 Å². The summed E-state index contributed by atoms with van der Waals surface area (Å²) in [5, 5.41) is 1.04. The molecule has 49 heavy (non-hydrogen) atoms. The number of amides is 2. The van der Waals surface area contributed by atoms with Crippen molar-refractivity contribution < 1.29 is 36.3 Å². The quantitative estimate of drug-likeness (QED) is 0.325. The van der Waals surface area contributed by atoms with Gasteiger partial charge in [0.15, 0.2) is 0 Å². The lowest BCUT2D eigenvalue weighted by Gasteiger charge is -2.41. The normalized spacial score (nSPS) is 19.1. The van der Waals surface area contributed by atoms with E-state index in [-0.39, 0.29) is 54.6 Å². The molecule has 3 aliphatic rings. The fraction of sp³-hybridized carbons (Fsp3) is 0.500.